The van der Waals surface area contributed by atoms with Crippen LogP contribution in [0.2, 0.25) is 0 Å². The van der Waals surface area contributed by atoms with Crippen LogP contribution in [0.4, 0.5) is 9.52 Å². The van der Waals surface area contributed by atoms with Gasteiger partial charge in [-0.3, -0.25) is 19.8 Å². The van der Waals surface area contributed by atoms with Crippen LogP contribution in [-0.2, 0) is 11.3 Å². The highest BCUT2D eigenvalue weighted by atomic mass is 32.1. The van der Waals surface area contributed by atoms with E-state index in [1.54, 1.807) is 29.7 Å². The van der Waals surface area contributed by atoms with Crippen LogP contribution >= 0.6 is 23.6 Å². The number of hydrogen-bond donors (Lipinski definition) is 2. The van der Waals surface area contributed by atoms with Gasteiger partial charge in [0, 0.05) is 6.54 Å². The maximum atomic E-state index is 13.7. The molecule has 2 heterocycles. The highest BCUT2D eigenvalue weighted by Crippen LogP contribution is 2.32. The molecule has 0 fully saturated rings. The molecule has 0 saturated heterocycles. The molecular formula is C18H18FN5O2S2. The van der Waals surface area contributed by atoms with Crippen molar-refractivity contribution in [1.29, 1.82) is 0 Å². The minimum atomic E-state index is -0.903. The average Bonchev–Trinajstić information content (AvgIpc) is 3.19. The molecule has 3 aromatic rings. The average molecular weight is 420 g/mol. The van der Waals surface area contributed by atoms with Crippen LogP contribution in [-0.4, -0.2) is 31.8 Å². The standard InChI is InChI=1S/C18H18FN5O2S2/c1-4-9-24-15(22-23-18(24)27)14-10(2)20-17(28-14)21-16(25)11(3)26-13-8-6-5-7-12(13)19/h4-8,11H,1,9H2,2-3H3,(H,23,27)(H,20,21,25). The number of hydrogen-bond acceptors (Lipinski definition) is 6. The van der Waals surface area contributed by atoms with Crippen LogP contribution < -0.4 is 10.1 Å². The van der Waals surface area contributed by atoms with Gasteiger partial charge in [-0.2, -0.15) is 5.10 Å². The fourth-order valence-corrected chi connectivity index (χ4v) is 3.61. The molecule has 0 aliphatic carbocycles. The Balaban J connectivity index is 1.76. The fraction of sp³-hybridized carbons (Fsp3) is 0.222. The van der Waals surface area contributed by atoms with Crippen molar-refractivity contribution in [3.8, 4) is 16.5 Å². The number of allylic oxidation sites excluding steroid dienone is 1. The van der Waals surface area contributed by atoms with Gasteiger partial charge in [0.1, 0.15) is 0 Å². The molecule has 7 nitrogen and oxygen atoms in total. The second-order valence-electron chi connectivity index (χ2n) is 5.86. The number of amides is 1. The Labute approximate surface area is 169 Å². The second-order valence-corrected chi connectivity index (χ2v) is 7.25. The second kappa shape index (κ2) is 8.44. The van der Waals surface area contributed by atoms with Crippen LogP contribution in [0.15, 0.2) is 36.9 Å². The van der Waals surface area contributed by atoms with Gasteiger partial charge in [0.25, 0.3) is 5.91 Å². The van der Waals surface area contributed by atoms with E-state index in [1.165, 1.54) is 23.5 Å². The van der Waals surface area contributed by atoms with E-state index in [9.17, 15) is 9.18 Å². The monoisotopic (exact) mass is 419 g/mol. The zero-order chi connectivity index (χ0) is 20.3. The summed E-state index contributed by atoms with van der Waals surface area (Å²) < 4.78 is 21.4. The van der Waals surface area contributed by atoms with Gasteiger partial charge < -0.3 is 4.74 Å². The van der Waals surface area contributed by atoms with E-state index >= 15 is 0 Å². The summed E-state index contributed by atoms with van der Waals surface area (Å²) in [6.07, 6.45) is 0.815. The van der Waals surface area contributed by atoms with E-state index in [-0.39, 0.29) is 5.75 Å². The fourth-order valence-electron chi connectivity index (χ4n) is 2.44. The van der Waals surface area contributed by atoms with Gasteiger partial charge in [0.05, 0.1) is 10.6 Å². The Bertz CT molecular complexity index is 1070. The molecular weight excluding hydrogens is 401 g/mol. The van der Waals surface area contributed by atoms with Crippen molar-refractivity contribution < 1.29 is 13.9 Å². The van der Waals surface area contributed by atoms with Crippen molar-refractivity contribution in [3.05, 3.63) is 53.2 Å². The molecule has 0 aliphatic heterocycles. The first-order chi connectivity index (χ1) is 13.4. The minimum absolute atomic E-state index is 0.0149. The summed E-state index contributed by atoms with van der Waals surface area (Å²) in [5, 5.41) is 10.1. The molecule has 3 rings (SSSR count). The van der Waals surface area contributed by atoms with E-state index in [1.807, 2.05) is 6.92 Å². The van der Waals surface area contributed by atoms with Gasteiger partial charge >= 0.3 is 0 Å². The number of benzene rings is 1. The van der Waals surface area contributed by atoms with Crippen molar-refractivity contribution in [2.75, 3.05) is 5.32 Å². The first-order valence-corrected chi connectivity index (χ1v) is 9.59. The summed E-state index contributed by atoms with van der Waals surface area (Å²) in [7, 11) is 0. The van der Waals surface area contributed by atoms with Gasteiger partial charge in [0.15, 0.2) is 33.4 Å². The Morgan fingerprint density at radius 2 is 2.29 bits per heavy atom. The molecule has 1 unspecified atom stereocenters. The van der Waals surface area contributed by atoms with E-state index in [0.29, 0.717) is 28.0 Å². The van der Waals surface area contributed by atoms with Crippen molar-refractivity contribution in [1.82, 2.24) is 19.7 Å². The smallest absolute Gasteiger partial charge is 0.266 e. The highest BCUT2D eigenvalue weighted by molar-refractivity contribution is 7.71. The zero-order valence-corrected chi connectivity index (χ0v) is 16.9. The number of carbonyl (C=O) groups excluding carboxylic acids is 1. The number of nitrogens with zero attached hydrogens (tertiary/aromatic N) is 3. The predicted octanol–water partition coefficient (Wildman–Crippen LogP) is 4.10. The molecule has 10 heteroatoms. The normalized spacial score (nSPS) is 11.8. The number of rotatable bonds is 7. The molecule has 0 radical (unpaired) electrons. The van der Waals surface area contributed by atoms with Crippen LogP contribution in [0.3, 0.4) is 0 Å². The van der Waals surface area contributed by atoms with Gasteiger partial charge in [-0.25, -0.2) is 9.37 Å². The van der Waals surface area contributed by atoms with Crippen LogP contribution in [0.5, 0.6) is 5.75 Å². The molecule has 2 N–H and O–H groups in total. The number of halogens is 1. The topological polar surface area (TPSA) is 84.8 Å². The number of thiazole rings is 1. The number of aromatic nitrogens is 4. The van der Waals surface area contributed by atoms with Crippen molar-refractivity contribution in [2.45, 2.75) is 26.5 Å². The SMILES string of the molecule is C=CCn1c(-c2sc(NC(=O)C(C)Oc3ccccc3F)nc2C)n[nH]c1=S. The number of ether oxygens (including phenoxy) is 1. The number of carbonyl (C=O) groups is 1. The molecule has 146 valence electrons. The number of aromatic amines is 1. The summed E-state index contributed by atoms with van der Waals surface area (Å²) in [5.74, 6) is -0.328. The lowest BCUT2D eigenvalue weighted by Crippen LogP contribution is -2.30. The molecule has 0 bridgehead atoms. The van der Waals surface area contributed by atoms with Gasteiger partial charge in [-0.05, 0) is 38.2 Å². The van der Waals surface area contributed by atoms with E-state index in [0.717, 1.165) is 4.88 Å². The third-order valence-corrected chi connectivity index (χ3v) is 5.19. The van der Waals surface area contributed by atoms with E-state index < -0.39 is 17.8 Å². The summed E-state index contributed by atoms with van der Waals surface area (Å²) in [5.41, 5.74) is 0.697. The highest BCUT2D eigenvalue weighted by Gasteiger charge is 2.21. The van der Waals surface area contributed by atoms with Gasteiger partial charge in [-0.1, -0.05) is 29.5 Å². The molecule has 0 aliphatic rings. The lowest BCUT2D eigenvalue weighted by molar-refractivity contribution is -0.122. The number of aryl methyl sites for hydroxylation is 1. The number of anilines is 1. The maximum Gasteiger partial charge on any atom is 0.266 e. The Kier molecular flexibility index (Phi) is 6.00. The van der Waals surface area contributed by atoms with Crippen molar-refractivity contribution >= 4 is 34.6 Å². The molecule has 1 aromatic carbocycles. The van der Waals surface area contributed by atoms with Crippen LogP contribution in [0.25, 0.3) is 10.7 Å². The molecule has 1 amide bonds. The van der Waals surface area contributed by atoms with Gasteiger partial charge in [-0.15, -0.1) is 6.58 Å². The first-order valence-electron chi connectivity index (χ1n) is 8.36. The molecule has 0 spiro atoms. The summed E-state index contributed by atoms with van der Waals surface area (Å²) >= 11 is 6.49. The van der Waals surface area contributed by atoms with Crippen molar-refractivity contribution in [3.63, 3.8) is 0 Å². The summed E-state index contributed by atoms with van der Waals surface area (Å²) in [4.78, 5) is 17.6. The maximum absolute atomic E-state index is 13.7. The molecule has 0 saturated carbocycles. The van der Waals surface area contributed by atoms with E-state index in [4.69, 9.17) is 17.0 Å². The van der Waals surface area contributed by atoms with Gasteiger partial charge in [0.2, 0.25) is 0 Å². The predicted molar refractivity (Wildman–Crippen MR) is 109 cm³/mol. The third-order valence-electron chi connectivity index (χ3n) is 3.81. The molecule has 1 atom stereocenters. The quantitative estimate of drug-likeness (QED) is 0.445. The number of nitrogens with one attached hydrogen (secondary N) is 2. The lowest BCUT2D eigenvalue weighted by Gasteiger charge is -2.14. The minimum Gasteiger partial charge on any atom is -0.478 e. The number of H-pyrrole nitrogens is 1. The van der Waals surface area contributed by atoms with Crippen LogP contribution in [0, 0.1) is 17.5 Å². The van der Waals surface area contributed by atoms with Crippen LogP contribution in [0.1, 0.15) is 12.6 Å². The summed E-state index contributed by atoms with van der Waals surface area (Å²) in [6.45, 7) is 7.57. The third kappa shape index (κ3) is 4.18. The Hall–Kier alpha value is -2.85. The number of para-hydroxylation sites is 1. The molecule has 2 aromatic heterocycles. The lowest BCUT2D eigenvalue weighted by atomic mass is 10.3. The summed E-state index contributed by atoms with van der Waals surface area (Å²) in [6, 6.07) is 5.92. The zero-order valence-electron chi connectivity index (χ0n) is 15.2. The van der Waals surface area contributed by atoms with Crippen molar-refractivity contribution in [2.24, 2.45) is 0 Å². The van der Waals surface area contributed by atoms with E-state index in [2.05, 4.69) is 27.1 Å². The largest absolute Gasteiger partial charge is 0.478 e. The Morgan fingerprint density at radius 1 is 1.54 bits per heavy atom. The first kappa shape index (κ1) is 19.9. The molecule has 28 heavy (non-hydrogen) atoms. The Morgan fingerprint density at radius 3 is 3.00 bits per heavy atom.